The third-order valence-electron chi connectivity index (χ3n) is 4.89. The Morgan fingerprint density at radius 1 is 1.00 bits per heavy atom. The second kappa shape index (κ2) is 7.25. The minimum atomic E-state index is -0.0430. The standard InChI is InChI=1S/C16H29N3O2/c1-13(15(20)19-9-5-4-6-10-19)18-11-7-14(8-12-18)16(21)17(2)3/h13-14H,4-12H2,1-3H3. The van der Waals surface area contributed by atoms with E-state index in [2.05, 4.69) is 4.90 Å². The summed E-state index contributed by atoms with van der Waals surface area (Å²) in [5.74, 6) is 0.630. The number of carbonyl (C=O) groups is 2. The highest BCUT2D eigenvalue weighted by Crippen LogP contribution is 2.22. The van der Waals surface area contributed by atoms with Gasteiger partial charge >= 0.3 is 0 Å². The van der Waals surface area contributed by atoms with E-state index in [0.29, 0.717) is 0 Å². The molecule has 1 unspecified atom stereocenters. The molecule has 0 N–H and O–H groups in total. The van der Waals surface area contributed by atoms with Crippen molar-refractivity contribution in [2.24, 2.45) is 5.92 Å². The molecule has 2 saturated heterocycles. The molecule has 0 bridgehead atoms. The maximum Gasteiger partial charge on any atom is 0.239 e. The first kappa shape index (κ1) is 16.3. The summed E-state index contributed by atoms with van der Waals surface area (Å²) in [4.78, 5) is 30.5. The van der Waals surface area contributed by atoms with Crippen LogP contribution in [-0.2, 0) is 9.59 Å². The number of hydrogen-bond donors (Lipinski definition) is 0. The van der Waals surface area contributed by atoms with E-state index >= 15 is 0 Å². The van der Waals surface area contributed by atoms with Crippen LogP contribution in [0.3, 0.4) is 0 Å². The lowest BCUT2D eigenvalue weighted by atomic mass is 9.94. The zero-order valence-electron chi connectivity index (χ0n) is 13.7. The van der Waals surface area contributed by atoms with Crippen LogP contribution in [0.5, 0.6) is 0 Å². The predicted molar refractivity (Wildman–Crippen MR) is 82.9 cm³/mol. The molecule has 2 aliphatic rings. The van der Waals surface area contributed by atoms with Crippen LogP contribution < -0.4 is 0 Å². The molecule has 2 rings (SSSR count). The maximum atomic E-state index is 12.5. The Morgan fingerprint density at radius 2 is 1.57 bits per heavy atom. The first-order valence-corrected chi connectivity index (χ1v) is 8.24. The fraction of sp³-hybridized carbons (Fsp3) is 0.875. The van der Waals surface area contributed by atoms with Crippen LogP contribution in [0.1, 0.15) is 39.0 Å². The summed E-state index contributed by atoms with van der Waals surface area (Å²) in [6.07, 6.45) is 5.26. The molecule has 120 valence electrons. The molecular formula is C16H29N3O2. The van der Waals surface area contributed by atoms with E-state index in [9.17, 15) is 9.59 Å². The Labute approximate surface area is 128 Å². The minimum absolute atomic E-state index is 0.0430. The molecule has 1 atom stereocenters. The van der Waals surface area contributed by atoms with Gasteiger partial charge in [-0.25, -0.2) is 0 Å². The minimum Gasteiger partial charge on any atom is -0.349 e. The van der Waals surface area contributed by atoms with Crippen molar-refractivity contribution in [1.82, 2.24) is 14.7 Å². The molecule has 2 aliphatic heterocycles. The first-order valence-electron chi connectivity index (χ1n) is 8.24. The van der Waals surface area contributed by atoms with E-state index in [1.807, 2.05) is 25.9 Å². The average Bonchev–Trinajstić information content (AvgIpc) is 2.53. The van der Waals surface area contributed by atoms with E-state index in [0.717, 1.165) is 51.9 Å². The van der Waals surface area contributed by atoms with E-state index < -0.39 is 0 Å². The second-order valence-electron chi connectivity index (χ2n) is 6.60. The zero-order chi connectivity index (χ0) is 15.4. The number of hydrogen-bond acceptors (Lipinski definition) is 3. The summed E-state index contributed by atoms with van der Waals surface area (Å²) >= 11 is 0. The Kier molecular flexibility index (Phi) is 5.62. The van der Waals surface area contributed by atoms with Crippen LogP contribution >= 0.6 is 0 Å². The van der Waals surface area contributed by atoms with Gasteiger partial charge in [-0.2, -0.15) is 0 Å². The molecule has 0 saturated carbocycles. The topological polar surface area (TPSA) is 43.9 Å². The van der Waals surface area contributed by atoms with Gasteiger partial charge in [-0.1, -0.05) is 0 Å². The smallest absolute Gasteiger partial charge is 0.239 e. The summed E-state index contributed by atoms with van der Waals surface area (Å²) in [6.45, 7) is 5.55. The van der Waals surface area contributed by atoms with Crippen LogP contribution in [0.25, 0.3) is 0 Å². The predicted octanol–water partition coefficient (Wildman–Crippen LogP) is 1.19. The molecule has 5 nitrogen and oxygen atoms in total. The fourth-order valence-electron chi connectivity index (χ4n) is 3.43. The van der Waals surface area contributed by atoms with Crippen LogP contribution in [0, 0.1) is 5.92 Å². The molecule has 0 radical (unpaired) electrons. The Bertz CT molecular complexity index is 370. The third kappa shape index (κ3) is 3.96. The van der Waals surface area contributed by atoms with E-state index in [1.165, 1.54) is 6.42 Å². The molecule has 0 spiro atoms. The third-order valence-corrected chi connectivity index (χ3v) is 4.89. The van der Waals surface area contributed by atoms with Gasteiger partial charge in [-0.15, -0.1) is 0 Å². The van der Waals surface area contributed by atoms with E-state index in [-0.39, 0.29) is 23.8 Å². The summed E-state index contributed by atoms with van der Waals surface area (Å²) in [7, 11) is 3.63. The SMILES string of the molecule is CC(C(=O)N1CCCCC1)N1CCC(C(=O)N(C)C)CC1. The largest absolute Gasteiger partial charge is 0.349 e. The number of likely N-dealkylation sites (tertiary alicyclic amines) is 2. The Morgan fingerprint density at radius 3 is 2.10 bits per heavy atom. The molecule has 0 aromatic carbocycles. The van der Waals surface area contributed by atoms with Gasteiger partial charge < -0.3 is 9.80 Å². The van der Waals surface area contributed by atoms with Crippen molar-refractivity contribution >= 4 is 11.8 Å². The van der Waals surface area contributed by atoms with Crippen LogP contribution in [0.4, 0.5) is 0 Å². The second-order valence-corrected chi connectivity index (χ2v) is 6.60. The van der Waals surface area contributed by atoms with Crippen molar-refractivity contribution in [3.8, 4) is 0 Å². The monoisotopic (exact) mass is 295 g/mol. The van der Waals surface area contributed by atoms with Crippen molar-refractivity contribution in [2.45, 2.75) is 45.1 Å². The fourth-order valence-corrected chi connectivity index (χ4v) is 3.43. The summed E-state index contributed by atoms with van der Waals surface area (Å²) in [5, 5.41) is 0. The quantitative estimate of drug-likeness (QED) is 0.785. The van der Waals surface area contributed by atoms with Crippen molar-refractivity contribution < 1.29 is 9.59 Å². The number of carbonyl (C=O) groups excluding carboxylic acids is 2. The number of nitrogens with zero attached hydrogens (tertiary/aromatic N) is 3. The lowest BCUT2D eigenvalue weighted by Crippen LogP contribution is -2.51. The van der Waals surface area contributed by atoms with Gasteiger partial charge in [0.2, 0.25) is 11.8 Å². The van der Waals surface area contributed by atoms with Crippen molar-refractivity contribution in [2.75, 3.05) is 40.3 Å². The molecule has 5 heteroatoms. The van der Waals surface area contributed by atoms with Crippen LogP contribution in [0.15, 0.2) is 0 Å². The molecular weight excluding hydrogens is 266 g/mol. The lowest BCUT2D eigenvalue weighted by molar-refractivity contribution is -0.139. The molecule has 0 aliphatic carbocycles. The van der Waals surface area contributed by atoms with Gasteiger partial charge in [0.05, 0.1) is 6.04 Å². The highest BCUT2D eigenvalue weighted by atomic mass is 16.2. The van der Waals surface area contributed by atoms with Crippen LogP contribution in [0.2, 0.25) is 0 Å². The number of amides is 2. The van der Waals surface area contributed by atoms with Crippen molar-refractivity contribution in [1.29, 1.82) is 0 Å². The van der Waals surface area contributed by atoms with Crippen LogP contribution in [-0.4, -0.2) is 72.8 Å². The van der Waals surface area contributed by atoms with Crippen molar-refractivity contribution in [3.05, 3.63) is 0 Å². The maximum absolute atomic E-state index is 12.5. The van der Waals surface area contributed by atoms with Gasteiger partial charge in [0.25, 0.3) is 0 Å². The molecule has 2 amide bonds. The average molecular weight is 295 g/mol. The van der Waals surface area contributed by atoms with Gasteiger partial charge in [-0.3, -0.25) is 14.5 Å². The van der Waals surface area contributed by atoms with E-state index in [4.69, 9.17) is 0 Å². The normalized spacial score (nSPS) is 22.9. The highest BCUT2D eigenvalue weighted by Gasteiger charge is 2.32. The summed E-state index contributed by atoms with van der Waals surface area (Å²) < 4.78 is 0. The van der Waals surface area contributed by atoms with Gasteiger partial charge in [0.1, 0.15) is 0 Å². The molecule has 0 aromatic rings. The molecule has 0 aromatic heterocycles. The Balaban J connectivity index is 1.83. The number of piperidine rings is 2. The van der Waals surface area contributed by atoms with Gasteiger partial charge in [0, 0.05) is 33.1 Å². The zero-order valence-corrected chi connectivity index (χ0v) is 13.7. The Hall–Kier alpha value is -1.10. The van der Waals surface area contributed by atoms with Gasteiger partial charge in [-0.05, 0) is 52.1 Å². The highest BCUT2D eigenvalue weighted by molar-refractivity contribution is 5.82. The molecule has 2 heterocycles. The number of rotatable bonds is 3. The molecule has 2 fully saturated rings. The summed E-state index contributed by atoms with van der Waals surface area (Å²) in [5.41, 5.74) is 0. The first-order chi connectivity index (χ1) is 10.0. The lowest BCUT2D eigenvalue weighted by Gasteiger charge is -2.38. The van der Waals surface area contributed by atoms with E-state index in [1.54, 1.807) is 4.90 Å². The summed E-state index contributed by atoms with van der Waals surface area (Å²) in [6, 6.07) is -0.0430. The van der Waals surface area contributed by atoms with Gasteiger partial charge in [0.15, 0.2) is 0 Å². The molecule has 21 heavy (non-hydrogen) atoms. The van der Waals surface area contributed by atoms with Crippen molar-refractivity contribution in [3.63, 3.8) is 0 Å².